The van der Waals surface area contributed by atoms with Crippen molar-refractivity contribution in [2.24, 2.45) is 0 Å². The molecule has 1 saturated heterocycles. The van der Waals surface area contributed by atoms with Gasteiger partial charge < -0.3 is 14.8 Å². The number of rotatable bonds is 6. The van der Waals surface area contributed by atoms with E-state index in [1.807, 2.05) is 31.2 Å². The molecule has 11 heteroatoms. The van der Waals surface area contributed by atoms with Crippen LogP contribution in [0.25, 0.3) is 22.7 Å². The van der Waals surface area contributed by atoms with Gasteiger partial charge in [-0.1, -0.05) is 18.2 Å². The van der Waals surface area contributed by atoms with Crippen molar-refractivity contribution in [1.29, 1.82) is 0 Å². The summed E-state index contributed by atoms with van der Waals surface area (Å²) in [5.41, 5.74) is 3.24. The van der Waals surface area contributed by atoms with Gasteiger partial charge in [0.2, 0.25) is 15.9 Å². The summed E-state index contributed by atoms with van der Waals surface area (Å²) in [6.45, 7) is 3.96. The van der Waals surface area contributed by atoms with E-state index < -0.39 is 16.1 Å². The summed E-state index contributed by atoms with van der Waals surface area (Å²) in [4.78, 5) is 8.76. The van der Waals surface area contributed by atoms with Crippen molar-refractivity contribution in [2.45, 2.75) is 37.3 Å². The lowest BCUT2D eigenvalue weighted by atomic mass is 10.0. The van der Waals surface area contributed by atoms with Crippen molar-refractivity contribution < 1.29 is 17.9 Å². The quantitative estimate of drug-likeness (QED) is 0.404. The molecule has 5 rings (SSSR count). The molecule has 2 atom stereocenters. The number of anilines is 1. The fraction of sp³-hybridized carbons (Fsp3) is 0.280. The van der Waals surface area contributed by atoms with Crippen molar-refractivity contribution in [2.75, 3.05) is 18.4 Å². The number of sulfonamides is 1. The SMILES string of the molecule is Cc1ccc(N[C@@H]2CCN(S(=O)(=O)c3ccc(-c4ccnc(-c5nnc(C)o5)c4)cc3)C[C@@H]2O)nc1. The van der Waals surface area contributed by atoms with E-state index in [2.05, 4.69) is 25.5 Å². The Morgan fingerprint density at radius 2 is 1.83 bits per heavy atom. The third-order valence-corrected chi connectivity index (χ3v) is 8.00. The third-order valence-electron chi connectivity index (χ3n) is 6.12. The first-order valence-electron chi connectivity index (χ1n) is 11.5. The second kappa shape index (κ2) is 9.76. The minimum atomic E-state index is -3.76. The van der Waals surface area contributed by atoms with E-state index in [1.54, 1.807) is 43.6 Å². The van der Waals surface area contributed by atoms with Gasteiger partial charge in [0.25, 0.3) is 5.89 Å². The van der Waals surface area contributed by atoms with Gasteiger partial charge in [0.15, 0.2) is 0 Å². The molecule has 0 aliphatic carbocycles. The number of aromatic nitrogens is 4. The Labute approximate surface area is 209 Å². The topological polar surface area (TPSA) is 134 Å². The number of piperidine rings is 1. The molecule has 186 valence electrons. The predicted octanol–water partition coefficient (Wildman–Crippen LogP) is 3.05. The van der Waals surface area contributed by atoms with Crippen molar-refractivity contribution in [3.8, 4) is 22.7 Å². The van der Waals surface area contributed by atoms with Gasteiger partial charge in [-0.05, 0) is 60.4 Å². The van der Waals surface area contributed by atoms with Crippen LogP contribution in [0.5, 0.6) is 0 Å². The first kappa shape index (κ1) is 24.0. The van der Waals surface area contributed by atoms with Crippen LogP contribution in [0.3, 0.4) is 0 Å². The number of aliphatic hydroxyl groups is 1. The minimum absolute atomic E-state index is 0.00489. The summed E-state index contributed by atoms with van der Waals surface area (Å²) in [5, 5.41) is 21.7. The summed E-state index contributed by atoms with van der Waals surface area (Å²) in [6.07, 6.45) is 2.99. The lowest BCUT2D eigenvalue weighted by Gasteiger charge is -2.35. The van der Waals surface area contributed by atoms with Crippen molar-refractivity contribution in [3.05, 3.63) is 72.4 Å². The van der Waals surface area contributed by atoms with E-state index in [0.717, 1.165) is 16.7 Å². The lowest BCUT2D eigenvalue weighted by Crippen LogP contribution is -2.51. The Morgan fingerprint density at radius 3 is 2.50 bits per heavy atom. The molecule has 10 nitrogen and oxygen atoms in total. The van der Waals surface area contributed by atoms with Gasteiger partial charge in [0.05, 0.1) is 17.0 Å². The molecule has 1 aromatic carbocycles. The second-order valence-electron chi connectivity index (χ2n) is 8.77. The van der Waals surface area contributed by atoms with Gasteiger partial charge in [-0.3, -0.25) is 4.98 Å². The van der Waals surface area contributed by atoms with Crippen LogP contribution in [-0.2, 0) is 10.0 Å². The molecule has 0 bridgehead atoms. The zero-order chi connectivity index (χ0) is 25.3. The van der Waals surface area contributed by atoms with Crippen molar-refractivity contribution in [3.63, 3.8) is 0 Å². The monoisotopic (exact) mass is 506 g/mol. The highest BCUT2D eigenvalue weighted by Crippen LogP contribution is 2.27. The maximum atomic E-state index is 13.3. The average Bonchev–Trinajstić information content (AvgIpc) is 3.33. The number of hydrogen-bond acceptors (Lipinski definition) is 9. The zero-order valence-corrected chi connectivity index (χ0v) is 20.7. The zero-order valence-electron chi connectivity index (χ0n) is 19.9. The molecule has 1 aliphatic heterocycles. The molecular formula is C25H26N6O4S. The van der Waals surface area contributed by atoms with Crippen molar-refractivity contribution in [1.82, 2.24) is 24.5 Å². The minimum Gasteiger partial charge on any atom is -0.420 e. The van der Waals surface area contributed by atoms with Crippen LogP contribution >= 0.6 is 0 Å². The number of aryl methyl sites for hydroxylation is 2. The predicted molar refractivity (Wildman–Crippen MR) is 133 cm³/mol. The number of nitrogens with one attached hydrogen (secondary N) is 1. The highest BCUT2D eigenvalue weighted by molar-refractivity contribution is 7.89. The molecule has 2 N–H and O–H groups in total. The van der Waals surface area contributed by atoms with Gasteiger partial charge in [-0.2, -0.15) is 4.31 Å². The number of aliphatic hydroxyl groups excluding tert-OH is 1. The number of benzene rings is 1. The largest absolute Gasteiger partial charge is 0.420 e. The Morgan fingerprint density at radius 1 is 1.03 bits per heavy atom. The highest BCUT2D eigenvalue weighted by Gasteiger charge is 2.34. The lowest BCUT2D eigenvalue weighted by molar-refractivity contribution is 0.0949. The summed E-state index contributed by atoms with van der Waals surface area (Å²) in [6, 6.07) is 13.8. The molecule has 3 aromatic heterocycles. The van der Waals surface area contributed by atoms with Gasteiger partial charge in [0.1, 0.15) is 11.5 Å². The molecule has 0 saturated carbocycles. The summed E-state index contributed by atoms with van der Waals surface area (Å²) < 4.78 is 33.3. The maximum Gasteiger partial charge on any atom is 0.266 e. The van der Waals surface area contributed by atoms with E-state index in [1.165, 1.54) is 4.31 Å². The van der Waals surface area contributed by atoms with E-state index in [-0.39, 0.29) is 17.5 Å². The van der Waals surface area contributed by atoms with Crippen LogP contribution in [0.1, 0.15) is 17.9 Å². The normalized spacial score (nSPS) is 18.8. The van der Waals surface area contributed by atoms with Crippen LogP contribution in [-0.4, -0.2) is 63.2 Å². The molecule has 36 heavy (non-hydrogen) atoms. The summed E-state index contributed by atoms with van der Waals surface area (Å²) >= 11 is 0. The van der Waals surface area contributed by atoms with Gasteiger partial charge >= 0.3 is 0 Å². The molecule has 0 amide bonds. The third kappa shape index (κ3) is 4.99. The number of pyridine rings is 2. The van der Waals surface area contributed by atoms with E-state index in [0.29, 0.717) is 36.3 Å². The van der Waals surface area contributed by atoms with Gasteiger partial charge in [-0.15, -0.1) is 10.2 Å². The van der Waals surface area contributed by atoms with Crippen LogP contribution in [0.15, 0.2) is 70.2 Å². The molecule has 0 spiro atoms. The molecule has 1 fully saturated rings. The molecule has 4 heterocycles. The molecule has 0 unspecified atom stereocenters. The van der Waals surface area contributed by atoms with E-state index in [4.69, 9.17) is 4.42 Å². The standard InChI is InChI=1S/C25H26N6O4S/c1-16-3-8-24(27-14-16)28-21-10-12-31(15-23(21)32)36(33,34)20-6-4-18(5-7-20)19-9-11-26-22(13-19)25-30-29-17(2)35-25/h3-9,11,13-14,21,23,32H,10,12,15H2,1-2H3,(H,27,28)/t21-,23+/m1/s1. The second-order valence-corrected chi connectivity index (χ2v) is 10.7. The first-order valence-corrected chi connectivity index (χ1v) is 13.0. The smallest absolute Gasteiger partial charge is 0.266 e. The van der Waals surface area contributed by atoms with Crippen molar-refractivity contribution >= 4 is 15.8 Å². The van der Waals surface area contributed by atoms with Gasteiger partial charge in [-0.25, -0.2) is 13.4 Å². The highest BCUT2D eigenvalue weighted by atomic mass is 32.2. The summed E-state index contributed by atoms with van der Waals surface area (Å²) in [5.74, 6) is 1.43. The molecule has 0 radical (unpaired) electrons. The Hall–Kier alpha value is -3.67. The number of hydrogen-bond donors (Lipinski definition) is 2. The molecular weight excluding hydrogens is 480 g/mol. The average molecular weight is 507 g/mol. The van der Waals surface area contributed by atoms with Crippen LogP contribution in [0.2, 0.25) is 0 Å². The van der Waals surface area contributed by atoms with Gasteiger partial charge in [0, 0.05) is 32.4 Å². The fourth-order valence-electron chi connectivity index (χ4n) is 4.13. The van der Waals surface area contributed by atoms with Crippen LogP contribution in [0, 0.1) is 13.8 Å². The number of β-amino-alcohol motifs (C(OH)–C–C–N with tert-alkyl or cyclic N) is 1. The summed E-state index contributed by atoms with van der Waals surface area (Å²) in [7, 11) is -3.76. The van der Waals surface area contributed by atoms with E-state index >= 15 is 0 Å². The Bertz CT molecular complexity index is 1450. The van der Waals surface area contributed by atoms with Crippen LogP contribution < -0.4 is 5.32 Å². The Balaban J connectivity index is 1.28. The van der Waals surface area contributed by atoms with E-state index in [9.17, 15) is 13.5 Å². The van der Waals surface area contributed by atoms with Crippen LogP contribution in [0.4, 0.5) is 5.82 Å². The first-order chi connectivity index (χ1) is 17.3. The Kier molecular flexibility index (Phi) is 6.52. The fourth-order valence-corrected chi connectivity index (χ4v) is 5.60. The molecule has 1 aliphatic rings. The number of nitrogens with zero attached hydrogens (tertiary/aromatic N) is 5. The maximum absolute atomic E-state index is 13.3. The molecule has 4 aromatic rings.